The van der Waals surface area contributed by atoms with Gasteiger partial charge in [0.25, 0.3) is 0 Å². The van der Waals surface area contributed by atoms with Gasteiger partial charge in [0, 0.05) is 29.5 Å². The first-order valence-corrected chi connectivity index (χ1v) is 6.80. The molecule has 0 atom stereocenters. The molecule has 1 aromatic carbocycles. The molecular weight excluding hydrogens is 290 g/mol. The number of carbonyl (C=O) groups is 1. The van der Waals surface area contributed by atoms with Gasteiger partial charge < -0.3 is 15.4 Å². The quantitative estimate of drug-likeness (QED) is 0.860. The van der Waals surface area contributed by atoms with Gasteiger partial charge in [-0.05, 0) is 23.8 Å². The fourth-order valence-electron chi connectivity index (χ4n) is 1.73. The topological polar surface area (TPSA) is 63.2 Å². The van der Waals surface area contributed by atoms with E-state index in [0.29, 0.717) is 23.1 Å². The van der Waals surface area contributed by atoms with Gasteiger partial charge in [0.2, 0.25) is 11.8 Å². The van der Waals surface area contributed by atoms with Crippen LogP contribution in [0.3, 0.4) is 0 Å². The number of nitrogens with one attached hydrogen (secondary N) is 2. The smallest absolute Gasteiger partial charge is 0.238 e. The van der Waals surface area contributed by atoms with Gasteiger partial charge >= 0.3 is 0 Å². The third-order valence-electron chi connectivity index (χ3n) is 2.73. The zero-order valence-electron chi connectivity index (χ0n) is 11.6. The summed E-state index contributed by atoms with van der Waals surface area (Å²) in [6.07, 6.45) is 1.71. The first kappa shape index (κ1) is 15.3. The number of anilines is 1. The van der Waals surface area contributed by atoms with Crippen molar-refractivity contribution in [2.24, 2.45) is 0 Å². The molecule has 1 aromatic heterocycles. The summed E-state index contributed by atoms with van der Waals surface area (Å²) >= 11 is 5.85. The summed E-state index contributed by atoms with van der Waals surface area (Å²) in [5, 5.41) is 6.40. The highest BCUT2D eigenvalue weighted by atomic mass is 35.5. The van der Waals surface area contributed by atoms with Crippen LogP contribution in [0.2, 0.25) is 5.02 Å². The van der Waals surface area contributed by atoms with Gasteiger partial charge in [0.15, 0.2) is 0 Å². The minimum absolute atomic E-state index is 0.126. The normalized spacial score (nSPS) is 10.2. The molecule has 0 aliphatic carbocycles. The van der Waals surface area contributed by atoms with E-state index in [0.717, 1.165) is 5.56 Å². The molecule has 0 fully saturated rings. The number of nitrogens with zero attached hydrogens (tertiary/aromatic N) is 1. The van der Waals surface area contributed by atoms with E-state index in [2.05, 4.69) is 15.6 Å². The Morgan fingerprint density at radius 2 is 2.19 bits per heavy atom. The van der Waals surface area contributed by atoms with Crippen molar-refractivity contribution in [3.63, 3.8) is 0 Å². The van der Waals surface area contributed by atoms with Crippen LogP contribution in [0, 0.1) is 0 Å². The molecule has 2 rings (SSSR count). The SMILES string of the molecule is COc1ccc(CNCC(=O)Nc2cccc(Cl)c2)cn1. The van der Waals surface area contributed by atoms with Gasteiger partial charge in [-0.15, -0.1) is 0 Å². The monoisotopic (exact) mass is 305 g/mol. The van der Waals surface area contributed by atoms with Gasteiger partial charge in [-0.1, -0.05) is 23.7 Å². The molecule has 1 heterocycles. The van der Waals surface area contributed by atoms with Crippen molar-refractivity contribution in [1.82, 2.24) is 10.3 Å². The van der Waals surface area contributed by atoms with Crippen molar-refractivity contribution in [2.45, 2.75) is 6.54 Å². The summed E-state index contributed by atoms with van der Waals surface area (Å²) < 4.78 is 4.98. The molecule has 21 heavy (non-hydrogen) atoms. The van der Waals surface area contributed by atoms with Crippen molar-refractivity contribution in [3.8, 4) is 5.88 Å². The number of hydrogen-bond donors (Lipinski definition) is 2. The second-order valence-electron chi connectivity index (χ2n) is 4.37. The van der Waals surface area contributed by atoms with Gasteiger partial charge in [-0.3, -0.25) is 4.79 Å². The van der Waals surface area contributed by atoms with E-state index in [1.54, 1.807) is 43.6 Å². The average molecular weight is 306 g/mol. The van der Waals surface area contributed by atoms with Crippen LogP contribution in [0.25, 0.3) is 0 Å². The van der Waals surface area contributed by atoms with Gasteiger partial charge in [0.05, 0.1) is 13.7 Å². The number of benzene rings is 1. The minimum atomic E-state index is -0.126. The maximum atomic E-state index is 11.8. The molecule has 0 bridgehead atoms. The lowest BCUT2D eigenvalue weighted by molar-refractivity contribution is -0.115. The molecule has 0 radical (unpaired) electrons. The van der Waals surface area contributed by atoms with Crippen molar-refractivity contribution >= 4 is 23.2 Å². The standard InChI is InChI=1S/C15H16ClN3O2/c1-21-15-6-5-11(9-18-15)8-17-10-14(20)19-13-4-2-3-12(16)7-13/h2-7,9,17H,8,10H2,1H3,(H,19,20). The van der Waals surface area contributed by atoms with Gasteiger partial charge in [0.1, 0.15) is 0 Å². The molecule has 0 aliphatic heterocycles. The third-order valence-corrected chi connectivity index (χ3v) is 2.96. The predicted octanol–water partition coefficient (Wildman–Crippen LogP) is 2.47. The van der Waals surface area contributed by atoms with E-state index < -0.39 is 0 Å². The summed E-state index contributed by atoms with van der Waals surface area (Å²) in [4.78, 5) is 15.9. The molecule has 0 saturated heterocycles. The molecule has 0 saturated carbocycles. The lowest BCUT2D eigenvalue weighted by atomic mass is 10.3. The Bertz CT molecular complexity index is 602. The number of rotatable bonds is 6. The Kier molecular flexibility index (Phi) is 5.54. The number of methoxy groups -OCH3 is 1. The van der Waals surface area contributed by atoms with Crippen LogP contribution in [0.15, 0.2) is 42.6 Å². The molecule has 0 aliphatic rings. The highest BCUT2D eigenvalue weighted by molar-refractivity contribution is 6.30. The largest absolute Gasteiger partial charge is 0.481 e. The fraction of sp³-hybridized carbons (Fsp3) is 0.200. The fourth-order valence-corrected chi connectivity index (χ4v) is 1.92. The van der Waals surface area contributed by atoms with Crippen molar-refractivity contribution in [3.05, 3.63) is 53.2 Å². The van der Waals surface area contributed by atoms with E-state index in [1.165, 1.54) is 0 Å². The Morgan fingerprint density at radius 3 is 2.86 bits per heavy atom. The summed E-state index contributed by atoms with van der Waals surface area (Å²) in [7, 11) is 1.57. The Balaban J connectivity index is 1.76. The van der Waals surface area contributed by atoms with E-state index in [-0.39, 0.29) is 12.5 Å². The number of amides is 1. The zero-order chi connectivity index (χ0) is 15.1. The lowest BCUT2D eigenvalue weighted by Gasteiger charge is -2.07. The van der Waals surface area contributed by atoms with Crippen molar-refractivity contribution in [1.29, 1.82) is 0 Å². The number of pyridine rings is 1. The highest BCUT2D eigenvalue weighted by Crippen LogP contribution is 2.14. The van der Waals surface area contributed by atoms with Crippen LogP contribution in [-0.4, -0.2) is 24.5 Å². The lowest BCUT2D eigenvalue weighted by Crippen LogP contribution is -2.27. The highest BCUT2D eigenvalue weighted by Gasteiger charge is 2.03. The van der Waals surface area contributed by atoms with Gasteiger partial charge in [-0.25, -0.2) is 4.98 Å². The second kappa shape index (κ2) is 7.61. The van der Waals surface area contributed by atoms with E-state index >= 15 is 0 Å². The van der Waals surface area contributed by atoms with E-state index in [1.807, 2.05) is 6.07 Å². The van der Waals surface area contributed by atoms with Crippen LogP contribution in [0.4, 0.5) is 5.69 Å². The van der Waals surface area contributed by atoms with Gasteiger partial charge in [-0.2, -0.15) is 0 Å². The van der Waals surface area contributed by atoms with Crippen LogP contribution < -0.4 is 15.4 Å². The molecule has 6 heteroatoms. The maximum absolute atomic E-state index is 11.8. The van der Waals surface area contributed by atoms with Crippen molar-refractivity contribution < 1.29 is 9.53 Å². The third kappa shape index (κ3) is 5.06. The summed E-state index contributed by atoms with van der Waals surface area (Å²) in [5.74, 6) is 0.441. The molecule has 0 spiro atoms. The molecule has 0 unspecified atom stereocenters. The second-order valence-corrected chi connectivity index (χ2v) is 4.81. The van der Waals surface area contributed by atoms with E-state index in [9.17, 15) is 4.79 Å². The Morgan fingerprint density at radius 1 is 1.33 bits per heavy atom. The maximum Gasteiger partial charge on any atom is 0.238 e. The summed E-state index contributed by atoms with van der Waals surface area (Å²) in [6, 6.07) is 10.7. The minimum Gasteiger partial charge on any atom is -0.481 e. The van der Waals surface area contributed by atoms with Crippen LogP contribution in [0.5, 0.6) is 5.88 Å². The first-order valence-electron chi connectivity index (χ1n) is 6.42. The molecule has 5 nitrogen and oxygen atoms in total. The zero-order valence-corrected chi connectivity index (χ0v) is 12.4. The van der Waals surface area contributed by atoms with E-state index in [4.69, 9.17) is 16.3 Å². The molecular formula is C15H16ClN3O2. The number of ether oxygens (including phenoxy) is 1. The molecule has 2 N–H and O–H groups in total. The number of halogens is 1. The average Bonchev–Trinajstić information content (AvgIpc) is 2.48. The van der Waals surface area contributed by atoms with Crippen LogP contribution in [-0.2, 0) is 11.3 Å². The summed E-state index contributed by atoms with van der Waals surface area (Å²) in [5.41, 5.74) is 1.66. The first-order chi connectivity index (χ1) is 10.2. The molecule has 2 aromatic rings. The number of carbonyl (C=O) groups excluding carboxylic acids is 1. The van der Waals surface area contributed by atoms with Crippen molar-refractivity contribution in [2.75, 3.05) is 19.0 Å². The van der Waals surface area contributed by atoms with Crippen LogP contribution in [0.1, 0.15) is 5.56 Å². The summed E-state index contributed by atoms with van der Waals surface area (Å²) in [6.45, 7) is 0.762. The number of aromatic nitrogens is 1. The Hall–Kier alpha value is -2.11. The Labute approximate surface area is 128 Å². The molecule has 1 amide bonds. The van der Waals surface area contributed by atoms with Crippen LogP contribution >= 0.6 is 11.6 Å². The molecule has 110 valence electrons. The predicted molar refractivity (Wildman–Crippen MR) is 82.6 cm³/mol. The number of hydrogen-bond acceptors (Lipinski definition) is 4.